The standard InChI is InChI=1S/C12H12Cl3NO4S/c1-16(21-12(13,14)15)11(17)20-9-5-2-4-8-10(9)19-7-3-6-18-8/h2,4-5H,3,6-7H2,1H3. The molecule has 0 radical (unpaired) electrons. The van der Waals surface area contributed by atoms with Crippen LogP contribution in [-0.2, 0) is 0 Å². The molecule has 2 rings (SSSR count). The van der Waals surface area contributed by atoms with E-state index in [0.29, 0.717) is 36.7 Å². The van der Waals surface area contributed by atoms with Crippen molar-refractivity contribution < 1.29 is 19.0 Å². The second-order valence-electron chi connectivity index (χ2n) is 4.04. The van der Waals surface area contributed by atoms with Crippen LogP contribution in [0.2, 0.25) is 0 Å². The van der Waals surface area contributed by atoms with Gasteiger partial charge >= 0.3 is 6.09 Å². The number of halogens is 3. The number of carbonyl (C=O) groups is 1. The first kappa shape index (κ1) is 16.7. The molecule has 0 unspecified atom stereocenters. The fourth-order valence-corrected chi connectivity index (χ4v) is 2.95. The molecule has 116 valence electrons. The van der Waals surface area contributed by atoms with Crippen molar-refractivity contribution in [2.24, 2.45) is 0 Å². The fraction of sp³-hybridized carbons (Fsp3) is 0.417. The summed E-state index contributed by atoms with van der Waals surface area (Å²) >= 11 is 17.5. The smallest absolute Gasteiger partial charge is 0.425 e. The summed E-state index contributed by atoms with van der Waals surface area (Å²) in [4.78, 5) is 12.0. The molecule has 1 aliphatic rings. The van der Waals surface area contributed by atoms with Crippen LogP contribution in [0.3, 0.4) is 0 Å². The maximum Gasteiger partial charge on any atom is 0.425 e. The maximum absolute atomic E-state index is 12.0. The largest absolute Gasteiger partial charge is 0.489 e. The molecule has 1 heterocycles. The zero-order valence-electron chi connectivity index (χ0n) is 11.0. The number of ether oxygens (including phenoxy) is 3. The highest BCUT2D eigenvalue weighted by atomic mass is 35.6. The lowest BCUT2D eigenvalue weighted by Crippen LogP contribution is -2.26. The van der Waals surface area contributed by atoms with Crippen LogP contribution in [0, 0.1) is 0 Å². The van der Waals surface area contributed by atoms with Crippen LogP contribution in [0.25, 0.3) is 0 Å². The van der Waals surface area contributed by atoms with E-state index in [1.807, 2.05) is 0 Å². The van der Waals surface area contributed by atoms with E-state index in [4.69, 9.17) is 49.0 Å². The van der Waals surface area contributed by atoms with Crippen LogP contribution in [0.5, 0.6) is 17.2 Å². The molecule has 1 amide bonds. The van der Waals surface area contributed by atoms with E-state index in [-0.39, 0.29) is 5.75 Å². The van der Waals surface area contributed by atoms with Gasteiger partial charge in [0.1, 0.15) is 0 Å². The third-order valence-electron chi connectivity index (χ3n) is 2.43. The average molecular weight is 373 g/mol. The highest BCUT2D eigenvalue weighted by molar-refractivity contribution is 8.03. The van der Waals surface area contributed by atoms with Gasteiger partial charge < -0.3 is 14.2 Å². The number of hydrogen-bond donors (Lipinski definition) is 0. The van der Waals surface area contributed by atoms with Crippen molar-refractivity contribution in [1.29, 1.82) is 0 Å². The summed E-state index contributed by atoms with van der Waals surface area (Å²) in [6.07, 6.45) is 0.0676. The second-order valence-corrected chi connectivity index (χ2v) is 8.33. The molecule has 0 saturated carbocycles. The monoisotopic (exact) mass is 371 g/mol. The molecule has 0 bridgehead atoms. The van der Waals surface area contributed by atoms with Crippen molar-refractivity contribution in [2.45, 2.75) is 9.55 Å². The topological polar surface area (TPSA) is 48.0 Å². The van der Waals surface area contributed by atoms with Crippen LogP contribution < -0.4 is 14.2 Å². The lowest BCUT2D eigenvalue weighted by atomic mass is 10.3. The average Bonchev–Trinajstić information content (AvgIpc) is 2.62. The van der Waals surface area contributed by atoms with Gasteiger partial charge in [-0.25, -0.2) is 4.79 Å². The quantitative estimate of drug-likeness (QED) is 0.573. The minimum Gasteiger partial charge on any atom is -0.489 e. The first-order valence-corrected chi connectivity index (χ1v) is 7.87. The first-order valence-electron chi connectivity index (χ1n) is 5.97. The highest BCUT2D eigenvalue weighted by Gasteiger charge is 2.28. The Bertz CT molecular complexity index is 524. The summed E-state index contributed by atoms with van der Waals surface area (Å²) in [6.45, 7) is 1.04. The molecule has 21 heavy (non-hydrogen) atoms. The molecule has 0 fully saturated rings. The molecule has 0 N–H and O–H groups in total. The molecule has 0 aliphatic carbocycles. The van der Waals surface area contributed by atoms with E-state index in [0.717, 1.165) is 10.7 Å². The van der Waals surface area contributed by atoms with E-state index in [1.165, 1.54) is 7.05 Å². The fourth-order valence-electron chi connectivity index (χ4n) is 1.60. The van der Waals surface area contributed by atoms with Crippen molar-refractivity contribution in [3.63, 3.8) is 0 Å². The van der Waals surface area contributed by atoms with Gasteiger partial charge in [0.05, 0.1) is 13.2 Å². The summed E-state index contributed by atoms with van der Waals surface area (Å²) < 4.78 is 15.8. The van der Waals surface area contributed by atoms with E-state index >= 15 is 0 Å². The van der Waals surface area contributed by atoms with Gasteiger partial charge in [0.25, 0.3) is 3.12 Å². The van der Waals surface area contributed by atoms with Crippen LogP contribution in [0.4, 0.5) is 4.79 Å². The number of carbonyl (C=O) groups excluding carboxylic acids is 1. The van der Waals surface area contributed by atoms with Crippen molar-refractivity contribution in [1.82, 2.24) is 4.31 Å². The Labute approximate surface area is 141 Å². The van der Waals surface area contributed by atoms with Crippen molar-refractivity contribution in [3.8, 4) is 17.2 Å². The second kappa shape index (κ2) is 7.05. The molecular formula is C12H12Cl3NO4S. The zero-order chi connectivity index (χ0) is 15.5. The molecule has 0 saturated heterocycles. The Balaban J connectivity index is 2.11. The molecule has 0 spiro atoms. The number of para-hydroxylation sites is 1. The van der Waals surface area contributed by atoms with Gasteiger partial charge in [0.2, 0.25) is 5.75 Å². The van der Waals surface area contributed by atoms with E-state index in [9.17, 15) is 4.79 Å². The van der Waals surface area contributed by atoms with Crippen molar-refractivity contribution in [3.05, 3.63) is 18.2 Å². The van der Waals surface area contributed by atoms with Crippen LogP contribution in [0.15, 0.2) is 18.2 Å². The van der Waals surface area contributed by atoms with Crippen LogP contribution >= 0.6 is 46.8 Å². The first-order chi connectivity index (χ1) is 9.87. The van der Waals surface area contributed by atoms with Gasteiger partial charge in [-0.15, -0.1) is 0 Å². The summed E-state index contributed by atoms with van der Waals surface area (Å²) in [5.74, 6) is 1.20. The Morgan fingerprint density at radius 1 is 1.33 bits per heavy atom. The third-order valence-corrected chi connectivity index (χ3v) is 3.68. The number of hydrogen-bond acceptors (Lipinski definition) is 5. The van der Waals surface area contributed by atoms with Gasteiger partial charge in [-0.1, -0.05) is 40.9 Å². The number of amides is 1. The maximum atomic E-state index is 12.0. The number of fused-ring (bicyclic) bond motifs is 1. The summed E-state index contributed by atoms with van der Waals surface area (Å²) in [7, 11) is 1.44. The van der Waals surface area contributed by atoms with Crippen LogP contribution in [0.1, 0.15) is 6.42 Å². The summed E-state index contributed by atoms with van der Waals surface area (Å²) in [5.41, 5.74) is 0. The normalized spacial score (nSPS) is 14.3. The Hall–Kier alpha value is -0.690. The predicted octanol–water partition coefficient (Wildman–Crippen LogP) is 4.25. The van der Waals surface area contributed by atoms with E-state index in [1.54, 1.807) is 18.2 Å². The molecule has 9 heteroatoms. The van der Waals surface area contributed by atoms with Gasteiger partial charge in [0.15, 0.2) is 11.5 Å². The van der Waals surface area contributed by atoms with Crippen molar-refractivity contribution in [2.75, 3.05) is 20.3 Å². The van der Waals surface area contributed by atoms with Gasteiger partial charge in [0, 0.05) is 25.4 Å². The lowest BCUT2D eigenvalue weighted by molar-refractivity contribution is 0.184. The van der Waals surface area contributed by atoms with Gasteiger partial charge in [-0.05, 0) is 12.1 Å². The molecular weight excluding hydrogens is 361 g/mol. The summed E-state index contributed by atoms with van der Waals surface area (Å²) in [6, 6.07) is 5.06. The SMILES string of the molecule is CN(SC(Cl)(Cl)Cl)C(=O)Oc1cccc2c1OCCCO2. The predicted molar refractivity (Wildman–Crippen MR) is 83.7 cm³/mol. The lowest BCUT2D eigenvalue weighted by Gasteiger charge is -2.20. The Morgan fingerprint density at radius 3 is 2.76 bits per heavy atom. The van der Waals surface area contributed by atoms with Crippen molar-refractivity contribution >= 4 is 52.8 Å². The molecule has 1 aromatic rings. The molecule has 0 aromatic heterocycles. The molecule has 1 aromatic carbocycles. The molecule has 1 aliphatic heterocycles. The Morgan fingerprint density at radius 2 is 2.05 bits per heavy atom. The number of benzene rings is 1. The zero-order valence-corrected chi connectivity index (χ0v) is 14.1. The third kappa shape index (κ3) is 4.92. The van der Waals surface area contributed by atoms with Gasteiger partial charge in [-0.3, -0.25) is 4.31 Å². The summed E-state index contributed by atoms with van der Waals surface area (Å²) in [5, 5.41) is 0. The number of nitrogens with zero attached hydrogens (tertiary/aromatic N) is 1. The molecule has 0 atom stereocenters. The number of alkyl halides is 3. The van der Waals surface area contributed by atoms with Gasteiger partial charge in [-0.2, -0.15) is 0 Å². The van der Waals surface area contributed by atoms with E-state index in [2.05, 4.69) is 0 Å². The van der Waals surface area contributed by atoms with Crippen LogP contribution in [-0.4, -0.2) is 33.8 Å². The Kier molecular flexibility index (Phi) is 5.60. The number of rotatable bonds is 2. The minimum absolute atomic E-state index is 0.260. The highest BCUT2D eigenvalue weighted by Crippen LogP contribution is 2.42. The molecule has 5 nitrogen and oxygen atoms in total. The van der Waals surface area contributed by atoms with E-state index < -0.39 is 9.22 Å². The minimum atomic E-state index is -1.65.